The van der Waals surface area contributed by atoms with E-state index in [1.807, 2.05) is 13.8 Å². The van der Waals surface area contributed by atoms with Crippen LogP contribution in [-0.4, -0.2) is 39.2 Å². The summed E-state index contributed by atoms with van der Waals surface area (Å²) in [6.07, 6.45) is 1.42. The Morgan fingerprint density at radius 2 is 1.79 bits per heavy atom. The minimum atomic E-state index is -3.74. The Morgan fingerprint density at radius 3 is 2.48 bits per heavy atom. The van der Waals surface area contributed by atoms with Crippen molar-refractivity contribution in [1.82, 2.24) is 14.7 Å². The fraction of sp³-hybridized carbons (Fsp3) is 0.273. The van der Waals surface area contributed by atoms with E-state index in [0.29, 0.717) is 29.4 Å². The first-order valence-electron chi connectivity index (χ1n) is 10.1. The second-order valence-corrected chi connectivity index (χ2v) is 9.59. The minimum Gasteiger partial charge on any atom is -0.497 e. The lowest BCUT2D eigenvalue weighted by Gasteiger charge is -2.15. The van der Waals surface area contributed by atoms with Crippen LogP contribution in [0.1, 0.15) is 13.8 Å². The predicted octanol–water partition coefficient (Wildman–Crippen LogP) is 4.57. The lowest BCUT2D eigenvalue weighted by molar-refractivity contribution is 0.405. The SMILES string of the molecule is COc1ccc(OC)c(Nc2ncc(Cl)c(Nc3ccccc3S(=O)(=O)NCC(C)C)n2)c1. The van der Waals surface area contributed by atoms with Gasteiger partial charge in [-0.05, 0) is 30.2 Å². The lowest BCUT2D eigenvalue weighted by atomic mass is 10.2. The van der Waals surface area contributed by atoms with Gasteiger partial charge in [0.2, 0.25) is 16.0 Å². The highest BCUT2D eigenvalue weighted by Gasteiger charge is 2.19. The summed E-state index contributed by atoms with van der Waals surface area (Å²) in [6, 6.07) is 11.8. The number of benzene rings is 2. The Morgan fingerprint density at radius 1 is 1.03 bits per heavy atom. The van der Waals surface area contributed by atoms with Gasteiger partial charge in [0, 0.05) is 12.6 Å². The molecule has 0 saturated carbocycles. The van der Waals surface area contributed by atoms with Crippen molar-refractivity contribution < 1.29 is 17.9 Å². The highest BCUT2D eigenvalue weighted by molar-refractivity contribution is 7.89. The standard InChI is InChI=1S/C22H26ClN5O4S/c1-14(2)12-25-33(29,30)20-8-6-5-7-17(20)26-21-16(23)13-24-22(28-21)27-18-11-15(31-3)9-10-19(18)32-4/h5-11,13-14,25H,12H2,1-4H3,(H2,24,26,27,28). The first kappa shape index (κ1) is 24.6. The maximum Gasteiger partial charge on any atom is 0.242 e. The maximum atomic E-state index is 12.8. The molecule has 11 heteroatoms. The quantitative estimate of drug-likeness (QED) is 0.378. The summed E-state index contributed by atoms with van der Waals surface area (Å²) in [7, 11) is -0.627. The van der Waals surface area contributed by atoms with E-state index >= 15 is 0 Å². The number of sulfonamides is 1. The molecule has 0 unspecified atom stereocenters. The van der Waals surface area contributed by atoms with Crippen molar-refractivity contribution in [2.45, 2.75) is 18.7 Å². The number of hydrogen-bond donors (Lipinski definition) is 3. The van der Waals surface area contributed by atoms with E-state index in [9.17, 15) is 8.42 Å². The highest BCUT2D eigenvalue weighted by Crippen LogP contribution is 2.32. The Bertz CT molecular complexity index is 1220. The molecule has 0 atom stereocenters. The Balaban J connectivity index is 1.91. The number of methoxy groups -OCH3 is 2. The van der Waals surface area contributed by atoms with Gasteiger partial charge in [-0.25, -0.2) is 18.1 Å². The largest absolute Gasteiger partial charge is 0.497 e. The van der Waals surface area contributed by atoms with Crippen LogP contribution in [0.4, 0.5) is 23.1 Å². The highest BCUT2D eigenvalue weighted by atomic mass is 35.5. The number of nitrogens with zero attached hydrogens (tertiary/aromatic N) is 2. The molecule has 0 radical (unpaired) electrons. The molecule has 0 amide bonds. The summed E-state index contributed by atoms with van der Waals surface area (Å²) in [5, 5.41) is 6.31. The normalized spacial score (nSPS) is 11.3. The smallest absolute Gasteiger partial charge is 0.242 e. The Kier molecular flexibility index (Phi) is 7.96. The number of hydrogen-bond acceptors (Lipinski definition) is 8. The molecule has 1 aromatic heterocycles. The second-order valence-electron chi connectivity index (χ2n) is 7.45. The van der Waals surface area contributed by atoms with Gasteiger partial charge in [0.25, 0.3) is 0 Å². The van der Waals surface area contributed by atoms with Crippen molar-refractivity contribution in [1.29, 1.82) is 0 Å². The van der Waals surface area contributed by atoms with Crippen LogP contribution in [0.15, 0.2) is 53.6 Å². The van der Waals surface area contributed by atoms with Crippen LogP contribution in [-0.2, 0) is 10.0 Å². The summed E-state index contributed by atoms with van der Waals surface area (Å²) in [4.78, 5) is 8.71. The van der Waals surface area contributed by atoms with Gasteiger partial charge in [-0.3, -0.25) is 0 Å². The van der Waals surface area contributed by atoms with Crippen molar-refractivity contribution in [3.05, 3.63) is 53.7 Å². The van der Waals surface area contributed by atoms with Gasteiger partial charge in [-0.1, -0.05) is 37.6 Å². The summed E-state index contributed by atoms with van der Waals surface area (Å²) < 4.78 is 38.9. The first-order valence-corrected chi connectivity index (χ1v) is 12.0. The summed E-state index contributed by atoms with van der Waals surface area (Å²) >= 11 is 6.30. The van der Waals surface area contributed by atoms with E-state index in [0.717, 1.165) is 0 Å². The van der Waals surface area contributed by atoms with E-state index in [2.05, 4.69) is 25.3 Å². The van der Waals surface area contributed by atoms with Crippen molar-refractivity contribution >= 4 is 44.8 Å². The number of anilines is 4. The van der Waals surface area contributed by atoms with Gasteiger partial charge in [0.05, 0.1) is 31.8 Å². The Labute approximate surface area is 198 Å². The van der Waals surface area contributed by atoms with Crippen molar-refractivity contribution in [3.63, 3.8) is 0 Å². The van der Waals surface area contributed by atoms with Crippen molar-refractivity contribution in [2.24, 2.45) is 5.92 Å². The van der Waals surface area contributed by atoms with Gasteiger partial charge in [0.1, 0.15) is 21.4 Å². The third kappa shape index (κ3) is 6.25. The van der Waals surface area contributed by atoms with Crippen LogP contribution < -0.4 is 24.8 Å². The molecule has 2 aromatic carbocycles. The van der Waals surface area contributed by atoms with Crippen LogP contribution in [0.3, 0.4) is 0 Å². The molecular weight excluding hydrogens is 466 g/mol. The third-order valence-corrected chi connectivity index (χ3v) is 6.27. The molecule has 0 saturated heterocycles. The number of rotatable bonds is 10. The van der Waals surface area contributed by atoms with Crippen molar-refractivity contribution in [3.8, 4) is 11.5 Å². The number of aromatic nitrogens is 2. The molecule has 3 N–H and O–H groups in total. The first-order chi connectivity index (χ1) is 15.7. The molecule has 33 heavy (non-hydrogen) atoms. The van der Waals surface area contributed by atoms with Gasteiger partial charge >= 0.3 is 0 Å². The molecule has 9 nitrogen and oxygen atoms in total. The van der Waals surface area contributed by atoms with E-state index in [4.69, 9.17) is 21.1 Å². The van der Waals surface area contributed by atoms with Gasteiger partial charge in [-0.2, -0.15) is 4.98 Å². The fourth-order valence-electron chi connectivity index (χ4n) is 2.83. The van der Waals surface area contributed by atoms with Crippen LogP contribution in [0.2, 0.25) is 5.02 Å². The van der Waals surface area contributed by atoms with Crippen molar-refractivity contribution in [2.75, 3.05) is 31.4 Å². The zero-order valence-corrected chi connectivity index (χ0v) is 20.3. The topological polar surface area (TPSA) is 114 Å². The van der Waals surface area contributed by atoms with Gasteiger partial charge < -0.3 is 20.1 Å². The minimum absolute atomic E-state index is 0.0873. The van der Waals surface area contributed by atoms with Crippen LogP contribution in [0, 0.1) is 5.92 Å². The van der Waals surface area contributed by atoms with Gasteiger partial charge in [0.15, 0.2) is 5.82 Å². The third-order valence-electron chi connectivity index (χ3n) is 4.51. The molecule has 0 aliphatic carbocycles. The lowest BCUT2D eigenvalue weighted by Crippen LogP contribution is -2.28. The molecule has 0 aliphatic rings. The molecule has 0 spiro atoms. The van der Waals surface area contributed by atoms with Crippen LogP contribution in [0.5, 0.6) is 11.5 Å². The van der Waals surface area contributed by atoms with Gasteiger partial charge in [-0.15, -0.1) is 0 Å². The average Bonchev–Trinajstić information content (AvgIpc) is 2.80. The summed E-state index contributed by atoms with van der Waals surface area (Å²) in [5.74, 6) is 1.82. The fourth-order valence-corrected chi connectivity index (χ4v) is 4.35. The van der Waals surface area contributed by atoms with E-state index in [1.165, 1.54) is 12.3 Å². The molecule has 0 aliphatic heterocycles. The monoisotopic (exact) mass is 491 g/mol. The number of para-hydroxylation sites is 1. The maximum absolute atomic E-state index is 12.8. The molecule has 1 heterocycles. The molecule has 3 aromatic rings. The number of halogens is 1. The molecular formula is C22H26ClN5O4S. The summed E-state index contributed by atoms with van der Waals surface area (Å²) in [6.45, 7) is 4.18. The zero-order chi connectivity index (χ0) is 24.0. The van der Waals surface area contributed by atoms with E-state index in [-0.39, 0.29) is 27.6 Å². The number of ether oxygens (including phenoxy) is 2. The van der Waals surface area contributed by atoms with Crippen LogP contribution in [0.25, 0.3) is 0 Å². The number of nitrogens with one attached hydrogen (secondary N) is 3. The van der Waals surface area contributed by atoms with E-state index < -0.39 is 10.0 Å². The molecule has 0 bridgehead atoms. The predicted molar refractivity (Wildman–Crippen MR) is 130 cm³/mol. The summed E-state index contributed by atoms with van der Waals surface area (Å²) in [5.41, 5.74) is 0.922. The second kappa shape index (κ2) is 10.7. The van der Waals surface area contributed by atoms with Crippen LogP contribution >= 0.6 is 11.6 Å². The molecule has 176 valence electrons. The average molecular weight is 492 g/mol. The molecule has 3 rings (SSSR count). The Hall–Kier alpha value is -3.08. The zero-order valence-electron chi connectivity index (χ0n) is 18.7. The molecule has 0 fully saturated rings. The van der Waals surface area contributed by atoms with E-state index in [1.54, 1.807) is 50.6 Å².